The maximum Gasteiger partial charge on any atom is 0.511 e. The molecule has 0 spiro atoms. The van der Waals surface area contributed by atoms with Crippen molar-refractivity contribution in [1.82, 2.24) is 0 Å². The van der Waals surface area contributed by atoms with Gasteiger partial charge in [-0.2, -0.15) is 0 Å². The number of phenols is 1. The Balaban J connectivity index is 2.01. The fourth-order valence-electron chi connectivity index (χ4n) is 2.75. The Hall–Kier alpha value is -3.08. The number of benzene rings is 2. The number of rotatable bonds is 3. The van der Waals surface area contributed by atoms with Crippen LogP contribution in [0, 0.1) is 13.8 Å². The van der Waals surface area contributed by atoms with Crippen molar-refractivity contribution in [3.8, 4) is 5.75 Å². The van der Waals surface area contributed by atoms with Crippen molar-refractivity contribution in [3.05, 3.63) is 63.7 Å². The monoisotopic (exact) mass is 310 g/mol. The third-order valence-electron chi connectivity index (χ3n) is 3.87. The predicted octanol–water partition coefficient (Wildman–Crippen LogP) is 3.75. The van der Waals surface area contributed by atoms with Gasteiger partial charge in [0.1, 0.15) is 11.5 Å². The van der Waals surface area contributed by atoms with Gasteiger partial charge in [0.2, 0.25) is 0 Å². The number of aryl methyl sites for hydroxylation is 2. The lowest BCUT2D eigenvalue weighted by molar-refractivity contribution is 0.103. The van der Waals surface area contributed by atoms with Crippen LogP contribution in [-0.4, -0.2) is 22.2 Å². The molecule has 1 aliphatic carbocycles. The molecule has 0 aliphatic heterocycles. The molecular formula is C18H14O5. The highest BCUT2D eigenvalue weighted by Gasteiger charge is 2.26. The smallest absolute Gasteiger partial charge is 0.507 e. The summed E-state index contributed by atoms with van der Waals surface area (Å²) < 4.78 is 4.57. The summed E-state index contributed by atoms with van der Waals surface area (Å²) in [6, 6.07) is 8.47. The number of hydrogen-bond acceptors (Lipinski definition) is 4. The molecule has 5 heteroatoms. The van der Waals surface area contributed by atoms with Crippen LogP contribution < -0.4 is 0 Å². The molecule has 3 rings (SSSR count). The average Bonchev–Trinajstić information content (AvgIpc) is 2.46. The number of hydrogen-bond donors (Lipinski definition) is 2. The van der Waals surface area contributed by atoms with Gasteiger partial charge in [0, 0.05) is 11.1 Å². The van der Waals surface area contributed by atoms with Crippen LogP contribution >= 0.6 is 0 Å². The molecule has 5 nitrogen and oxygen atoms in total. The molecule has 2 aromatic rings. The third kappa shape index (κ3) is 2.46. The summed E-state index contributed by atoms with van der Waals surface area (Å²) in [5, 5.41) is 18.8. The molecule has 2 aromatic carbocycles. The van der Waals surface area contributed by atoms with E-state index in [9.17, 15) is 14.7 Å². The molecule has 0 atom stereocenters. The fraction of sp³-hybridized carbons (Fsp3) is 0.111. The van der Waals surface area contributed by atoms with Crippen LogP contribution in [0.1, 0.15) is 38.2 Å². The molecule has 0 radical (unpaired) electrons. The van der Waals surface area contributed by atoms with Gasteiger partial charge in [0.25, 0.3) is 0 Å². The van der Waals surface area contributed by atoms with Gasteiger partial charge in [-0.1, -0.05) is 18.2 Å². The highest BCUT2D eigenvalue weighted by molar-refractivity contribution is 6.13. The Kier molecular flexibility index (Phi) is 3.41. The van der Waals surface area contributed by atoms with Gasteiger partial charge < -0.3 is 14.9 Å². The molecule has 1 aliphatic rings. The zero-order chi connectivity index (χ0) is 16.7. The fourth-order valence-corrected chi connectivity index (χ4v) is 2.75. The Morgan fingerprint density at radius 3 is 2.35 bits per heavy atom. The molecule has 0 saturated heterocycles. The largest absolute Gasteiger partial charge is 0.511 e. The second-order valence-electron chi connectivity index (χ2n) is 5.43. The van der Waals surface area contributed by atoms with Crippen LogP contribution in [0.3, 0.4) is 0 Å². The lowest BCUT2D eigenvalue weighted by Crippen LogP contribution is -2.11. The first-order chi connectivity index (χ1) is 10.9. The van der Waals surface area contributed by atoms with Crippen LogP contribution in [0.5, 0.6) is 5.75 Å². The highest BCUT2D eigenvalue weighted by atomic mass is 16.7. The van der Waals surface area contributed by atoms with Crippen molar-refractivity contribution < 1.29 is 24.5 Å². The van der Waals surface area contributed by atoms with Crippen molar-refractivity contribution in [2.24, 2.45) is 0 Å². The van der Waals surface area contributed by atoms with Crippen molar-refractivity contribution in [3.63, 3.8) is 0 Å². The quantitative estimate of drug-likeness (QED) is 0.666. The number of carboxylic acid groups (broad SMARTS) is 1. The molecular weight excluding hydrogens is 296 g/mol. The van der Waals surface area contributed by atoms with Gasteiger partial charge in [-0.15, -0.1) is 0 Å². The van der Waals surface area contributed by atoms with Crippen molar-refractivity contribution in [2.45, 2.75) is 13.8 Å². The SMILES string of the molecule is Cc1cccc(C)c1C(=O)c1cc2c(cc1O)C(OC(=O)O)=C2. The second kappa shape index (κ2) is 5.28. The Morgan fingerprint density at radius 1 is 1.09 bits per heavy atom. The number of aromatic hydroxyl groups is 1. The molecule has 23 heavy (non-hydrogen) atoms. The number of ketones is 1. The van der Waals surface area contributed by atoms with Crippen molar-refractivity contribution in [2.75, 3.05) is 0 Å². The molecule has 0 aromatic heterocycles. The first-order valence-electron chi connectivity index (χ1n) is 6.99. The van der Waals surface area contributed by atoms with Gasteiger partial charge in [0.15, 0.2) is 5.78 Å². The van der Waals surface area contributed by atoms with Gasteiger partial charge in [0.05, 0.1) is 5.56 Å². The summed E-state index contributed by atoms with van der Waals surface area (Å²) in [5.74, 6) is -0.299. The Labute approximate surface area is 132 Å². The maximum absolute atomic E-state index is 12.7. The number of fused-ring (bicyclic) bond motifs is 1. The van der Waals surface area contributed by atoms with E-state index in [0.717, 1.165) is 11.1 Å². The van der Waals surface area contributed by atoms with Gasteiger partial charge in [-0.3, -0.25) is 4.79 Å². The van der Waals surface area contributed by atoms with E-state index in [2.05, 4.69) is 4.74 Å². The first kappa shape index (κ1) is 14.8. The molecule has 0 saturated carbocycles. The van der Waals surface area contributed by atoms with Gasteiger partial charge in [-0.25, -0.2) is 4.79 Å². The summed E-state index contributed by atoms with van der Waals surface area (Å²) in [5.41, 5.74) is 3.56. The molecule has 116 valence electrons. The zero-order valence-corrected chi connectivity index (χ0v) is 12.6. The van der Waals surface area contributed by atoms with E-state index < -0.39 is 6.16 Å². The van der Waals surface area contributed by atoms with E-state index >= 15 is 0 Å². The summed E-state index contributed by atoms with van der Waals surface area (Å²) in [4.78, 5) is 23.3. The van der Waals surface area contributed by atoms with E-state index in [1.165, 1.54) is 12.1 Å². The minimum absolute atomic E-state index is 0.161. The molecule has 0 bridgehead atoms. The van der Waals surface area contributed by atoms with Crippen LogP contribution in [0.2, 0.25) is 0 Å². The topological polar surface area (TPSA) is 83.8 Å². The van der Waals surface area contributed by atoms with E-state index in [4.69, 9.17) is 5.11 Å². The van der Waals surface area contributed by atoms with Crippen LogP contribution in [0.15, 0.2) is 30.3 Å². The van der Waals surface area contributed by atoms with Gasteiger partial charge in [-0.05, 0) is 48.7 Å². The number of carbonyl (C=O) groups excluding carboxylic acids is 1. The lowest BCUT2D eigenvalue weighted by atomic mass is 9.88. The number of carbonyl (C=O) groups is 2. The molecule has 0 fully saturated rings. The minimum Gasteiger partial charge on any atom is -0.507 e. The lowest BCUT2D eigenvalue weighted by Gasteiger charge is -2.20. The maximum atomic E-state index is 12.7. The first-order valence-corrected chi connectivity index (χ1v) is 6.99. The van der Waals surface area contributed by atoms with Crippen LogP contribution in [-0.2, 0) is 4.74 Å². The number of phenolic OH excluding ortho intramolecular Hbond substituents is 1. The standard InChI is InChI=1S/C18H14O5/c1-9-4-3-5-10(2)16(9)17(20)13-6-11-7-15(23-18(21)22)12(11)8-14(13)19/h3-8,19H,1-2H3,(H,21,22). The molecule has 0 heterocycles. The van der Waals surface area contributed by atoms with Crippen LogP contribution in [0.25, 0.3) is 11.8 Å². The van der Waals surface area contributed by atoms with Crippen molar-refractivity contribution >= 4 is 23.8 Å². The summed E-state index contributed by atoms with van der Waals surface area (Å²) in [7, 11) is 0. The molecule has 0 amide bonds. The Morgan fingerprint density at radius 2 is 1.74 bits per heavy atom. The molecule has 0 unspecified atom stereocenters. The Bertz CT molecular complexity index is 857. The van der Waals surface area contributed by atoms with E-state index in [-0.39, 0.29) is 22.9 Å². The van der Waals surface area contributed by atoms with Crippen LogP contribution in [0.4, 0.5) is 4.79 Å². The van der Waals surface area contributed by atoms with E-state index in [1.807, 2.05) is 32.0 Å². The summed E-state index contributed by atoms with van der Waals surface area (Å²) >= 11 is 0. The summed E-state index contributed by atoms with van der Waals surface area (Å²) in [6.07, 6.45) is 0.0989. The second-order valence-corrected chi connectivity index (χ2v) is 5.43. The zero-order valence-electron chi connectivity index (χ0n) is 12.6. The normalized spacial score (nSPS) is 12.0. The summed E-state index contributed by atoms with van der Waals surface area (Å²) in [6.45, 7) is 3.69. The minimum atomic E-state index is -1.42. The average molecular weight is 310 g/mol. The van der Waals surface area contributed by atoms with E-state index in [1.54, 1.807) is 6.07 Å². The van der Waals surface area contributed by atoms with E-state index in [0.29, 0.717) is 16.7 Å². The number of ether oxygens (including phenoxy) is 1. The van der Waals surface area contributed by atoms with Crippen molar-refractivity contribution in [1.29, 1.82) is 0 Å². The van der Waals surface area contributed by atoms with Gasteiger partial charge >= 0.3 is 6.16 Å². The highest BCUT2D eigenvalue weighted by Crippen LogP contribution is 2.38. The predicted molar refractivity (Wildman–Crippen MR) is 84.4 cm³/mol. The third-order valence-corrected chi connectivity index (χ3v) is 3.87. The molecule has 2 N–H and O–H groups in total.